The van der Waals surface area contributed by atoms with Crippen molar-refractivity contribution in [3.63, 3.8) is 0 Å². The van der Waals surface area contributed by atoms with Gasteiger partial charge in [-0.2, -0.15) is 9.78 Å². The van der Waals surface area contributed by atoms with Gasteiger partial charge >= 0.3 is 0 Å². The second kappa shape index (κ2) is 7.95. The van der Waals surface area contributed by atoms with E-state index in [0.29, 0.717) is 17.7 Å². The van der Waals surface area contributed by atoms with Crippen LogP contribution in [-0.4, -0.2) is 42.5 Å². The Hall–Kier alpha value is -3.28. The minimum absolute atomic E-state index is 0.0304. The lowest BCUT2D eigenvalue weighted by Crippen LogP contribution is -2.20. The van der Waals surface area contributed by atoms with E-state index in [-0.39, 0.29) is 23.1 Å². The molecule has 11 nitrogen and oxygen atoms in total. The van der Waals surface area contributed by atoms with Gasteiger partial charge in [0.25, 0.3) is 5.91 Å². The molecule has 0 atom stereocenters. The number of hydrazone groups is 1. The summed E-state index contributed by atoms with van der Waals surface area (Å²) in [7, 11) is 0. The van der Waals surface area contributed by atoms with Crippen molar-refractivity contribution >= 4 is 33.9 Å². The first-order valence-electron chi connectivity index (χ1n) is 7.86. The van der Waals surface area contributed by atoms with E-state index in [2.05, 4.69) is 51.7 Å². The van der Waals surface area contributed by atoms with Gasteiger partial charge in [0.15, 0.2) is 5.69 Å². The van der Waals surface area contributed by atoms with E-state index in [1.54, 1.807) is 12.1 Å². The standard InChI is InChI=1S/C15H15BrN8O3/c1-2-3-10-12(19-23-24(10)14-13(17)21-27-22-14)15(26)20-18-7-8-6-9(16)4-5-11(8)25/h4-7,25H,2-3H2,1H3,(H2,17,21)(H,20,26)/b18-7+. The van der Waals surface area contributed by atoms with Gasteiger partial charge in [-0.15, -0.1) is 5.10 Å². The summed E-state index contributed by atoms with van der Waals surface area (Å²) in [6, 6.07) is 4.85. The van der Waals surface area contributed by atoms with Crippen LogP contribution in [0.2, 0.25) is 0 Å². The number of halogens is 1. The number of hydrogen-bond acceptors (Lipinski definition) is 9. The molecule has 2 heterocycles. The number of amides is 1. The predicted molar refractivity (Wildman–Crippen MR) is 98.5 cm³/mol. The van der Waals surface area contributed by atoms with Gasteiger partial charge in [-0.3, -0.25) is 4.79 Å². The van der Waals surface area contributed by atoms with Crippen molar-refractivity contribution in [2.24, 2.45) is 5.10 Å². The topological polar surface area (TPSA) is 157 Å². The summed E-state index contributed by atoms with van der Waals surface area (Å²) in [6.07, 6.45) is 2.55. The second-order valence-electron chi connectivity index (χ2n) is 5.42. The molecule has 0 radical (unpaired) electrons. The zero-order valence-electron chi connectivity index (χ0n) is 14.1. The Morgan fingerprint density at radius 2 is 2.30 bits per heavy atom. The van der Waals surface area contributed by atoms with Crippen LogP contribution in [0.3, 0.4) is 0 Å². The molecule has 0 aliphatic heterocycles. The van der Waals surface area contributed by atoms with E-state index in [9.17, 15) is 9.90 Å². The molecule has 12 heteroatoms. The van der Waals surface area contributed by atoms with Crippen LogP contribution in [0, 0.1) is 0 Å². The number of aromatic hydroxyl groups is 1. The highest BCUT2D eigenvalue weighted by atomic mass is 79.9. The van der Waals surface area contributed by atoms with Crippen LogP contribution in [0.5, 0.6) is 5.75 Å². The van der Waals surface area contributed by atoms with Crippen molar-refractivity contribution in [2.75, 3.05) is 5.73 Å². The van der Waals surface area contributed by atoms with Crippen LogP contribution in [0.25, 0.3) is 5.82 Å². The van der Waals surface area contributed by atoms with Crippen LogP contribution in [0.1, 0.15) is 35.1 Å². The first-order chi connectivity index (χ1) is 13.0. The summed E-state index contributed by atoms with van der Waals surface area (Å²) in [4.78, 5) is 12.4. The number of benzene rings is 1. The van der Waals surface area contributed by atoms with Crippen LogP contribution >= 0.6 is 15.9 Å². The maximum Gasteiger partial charge on any atom is 0.293 e. The number of phenols is 1. The first kappa shape index (κ1) is 18.5. The molecular weight excluding hydrogens is 420 g/mol. The fourth-order valence-corrected chi connectivity index (χ4v) is 2.67. The summed E-state index contributed by atoms with van der Waals surface area (Å²) in [5.74, 6) is -0.340. The zero-order valence-corrected chi connectivity index (χ0v) is 15.7. The van der Waals surface area contributed by atoms with Gasteiger partial charge in [-0.05, 0) is 34.9 Å². The van der Waals surface area contributed by atoms with Crippen LogP contribution in [-0.2, 0) is 6.42 Å². The number of phenolic OH excluding ortho intramolecular Hbond substituents is 1. The lowest BCUT2D eigenvalue weighted by atomic mass is 10.2. The number of anilines is 1. The smallest absolute Gasteiger partial charge is 0.293 e. The number of aromatic nitrogens is 5. The van der Waals surface area contributed by atoms with Gasteiger partial charge < -0.3 is 10.8 Å². The molecule has 3 aromatic rings. The minimum atomic E-state index is -0.564. The van der Waals surface area contributed by atoms with Crippen molar-refractivity contribution in [3.8, 4) is 11.6 Å². The maximum absolute atomic E-state index is 12.4. The molecule has 0 fully saturated rings. The number of nitrogens with zero attached hydrogens (tertiary/aromatic N) is 6. The SMILES string of the molecule is CCCc1c(C(=O)N/N=C/c2cc(Br)ccc2O)nnn1-c1nonc1N. The number of rotatable bonds is 6. The number of carbonyl (C=O) groups excluding carboxylic acids is 1. The number of nitrogens with two attached hydrogens (primary N) is 1. The Morgan fingerprint density at radius 1 is 1.48 bits per heavy atom. The van der Waals surface area contributed by atoms with Crippen molar-refractivity contribution in [2.45, 2.75) is 19.8 Å². The van der Waals surface area contributed by atoms with Gasteiger partial charge in [-0.25, -0.2) is 10.1 Å². The molecule has 27 heavy (non-hydrogen) atoms. The second-order valence-corrected chi connectivity index (χ2v) is 6.34. The highest BCUT2D eigenvalue weighted by Gasteiger charge is 2.23. The van der Waals surface area contributed by atoms with Crippen LogP contribution < -0.4 is 11.2 Å². The molecule has 0 unspecified atom stereocenters. The van der Waals surface area contributed by atoms with Crippen LogP contribution in [0.15, 0.2) is 32.4 Å². The third-order valence-electron chi connectivity index (χ3n) is 3.52. The highest BCUT2D eigenvalue weighted by molar-refractivity contribution is 9.10. The third kappa shape index (κ3) is 3.95. The molecule has 0 aliphatic rings. The molecule has 0 spiro atoms. The summed E-state index contributed by atoms with van der Waals surface area (Å²) >= 11 is 3.30. The Balaban J connectivity index is 1.82. The molecule has 1 amide bonds. The fraction of sp³-hybridized carbons (Fsp3) is 0.200. The van der Waals surface area contributed by atoms with Crippen molar-refractivity contribution < 1.29 is 14.5 Å². The Labute approximate surface area is 161 Å². The normalized spacial score (nSPS) is 11.2. The average Bonchev–Trinajstić information content (AvgIpc) is 3.24. The largest absolute Gasteiger partial charge is 0.507 e. The quantitative estimate of drug-likeness (QED) is 0.388. The van der Waals surface area contributed by atoms with Gasteiger partial charge in [0.2, 0.25) is 11.6 Å². The zero-order chi connectivity index (χ0) is 19.4. The Kier molecular flexibility index (Phi) is 5.45. The molecule has 140 valence electrons. The molecule has 4 N–H and O–H groups in total. The summed E-state index contributed by atoms with van der Waals surface area (Å²) in [5.41, 5.74) is 9.06. The monoisotopic (exact) mass is 434 g/mol. The van der Waals surface area contributed by atoms with E-state index in [4.69, 9.17) is 5.73 Å². The van der Waals surface area contributed by atoms with Gasteiger partial charge in [0, 0.05) is 10.0 Å². The van der Waals surface area contributed by atoms with E-state index in [0.717, 1.165) is 10.9 Å². The third-order valence-corrected chi connectivity index (χ3v) is 4.01. The lowest BCUT2D eigenvalue weighted by molar-refractivity contribution is 0.0949. The number of hydrogen-bond donors (Lipinski definition) is 3. The van der Waals surface area contributed by atoms with Crippen molar-refractivity contribution in [3.05, 3.63) is 39.6 Å². The summed E-state index contributed by atoms with van der Waals surface area (Å²) in [5, 5.41) is 28.6. The van der Waals surface area contributed by atoms with Crippen molar-refractivity contribution in [1.29, 1.82) is 0 Å². The molecule has 0 bridgehead atoms. The molecule has 1 aromatic carbocycles. The average molecular weight is 435 g/mol. The Morgan fingerprint density at radius 3 is 3.00 bits per heavy atom. The maximum atomic E-state index is 12.4. The minimum Gasteiger partial charge on any atom is -0.507 e. The lowest BCUT2D eigenvalue weighted by Gasteiger charge is -2.03. The summed E-state index contributed by atoms with van der Waals surface area (Å²) in [6.45, 7) is 1.94. The Bertz CT molecular complexity index is 997. The van der Waals surface area contributed by atoms with Gasteiger partial charge in [0.05, 0.1) is 11.9 Å². The molecule has 0 saturated heterocycles. The van der Waals surface area contributed by atoms with Gasteiger partial charge in [0.1, 0.15) is 5.75 Å². The molecule has 0 aliphatic carbocycles. The van der Waals surface area contributed by atoms with E-state index < -0.39 is 5.91 Å². The predicted octanol–water partition coefficient (Wildman–Crippen LogP) is 1.42. The molecule has 0 saturated carbocycles. The van der Waals surface area contributed by atoms with E-state index in [1.807, 2.05) is 6.92 Å². The van der Waals surface area contributed by atoms with Crippen LogP contribution in [0.4, 0.5) is 5.82 Å². The molecular formula is C15H15BrN8O3. The summed E-state index contributed by atoms with van der Waals surface area (Å²) < 4.78 is 6.65. The van der Waals surface area contributed by atoms with Gasteiger partial charge in [-0.1, -0.05) is 34.5 Å². The highest BCUT2D eigenvalue weighted by Crippen LogP contribution is 2.20. The number of nitrogens with one attached hydrogen (secondary N) is 1. The molecule has 2 aromatic heterocycles. The first-order valence-corrected chi connectivity index (χ1v) is 8.65. The number of nitrogen functional groups attached to an aromatic ring is 1. The van der Waals surface area contributed by atoms with E-state index >= 15 is 0 Å². The fourth-order valence-electron chi connectivity index (χ4n) is 2.29. The van der Waals surface area contributed by atoms with E-state index in [1.165, 1.54) is 17.0 Å². The number of carbonyl (C=O) groups is 1. The van der Waals surface area contributed by atoms with Crippen molar-refractivity contribution in [1.82, 2.24) is 30.7 Å². The molecule has 3 rings (SSSR count).